The van der Waals surface area contributed by atoms with Gasteiger partial charge in [0.25, 0.3) is 0 Å². The summed E-state index contributed by atoms with van der Waals surface area (Å²) in [7, 11) is 0. The molecule has 0 heterocycles. The number of phenols is 1. The molecular formula is C31H53NO6. The van der Waals surface area contributed by atoms with Gasteiger partial charge in [-0.05, 0) is 71.4 Å². The summed E-state index contributed by atoms with van der Waals surface area (Å²) in [5.41, 5.74) is 0.531. The average molecular weight is 536 g/mol. The maximum Gasteiger partial charge on any atom is 0.330 e. The van der Waals surface area contributed by atoms with Gasteiger partial charge >= 0.3 is 5.97 Å². The number of carbonyl (C=O) groups excluding carboxylic acids is 1. The lowest BCUT2D eigenvalue weighted by atomic mass is 10.1. The monoisotopic (exact) mass is 535 g/mol. The zero-order valence-electron chi connectivity index (χ0n) is 25.3. The maximum absolute atomic E-state index is 11.8. The predicted octanol–water partition coefficient (Wildman–Crippen LogP) is 7.24. The quantitative estimate of drug-likeness (QED) is 0.100. The molecule has 0 aliphatic carbocycles. The van der Waals surface area contributed by atoms with Crippen LogP contribution in [0.25, 0.3) is 0 Å². The first-order valence-corrected chi connectivity index (χ1v) is 13.7. The molecule has 1 aromatic rings. The number of hydrogen-bond donors (Lipinski definition) is 2. The summed E-state index contributed by atoms with van der Waals surface area (Å²) in [6, 6.07) is 7.09. The molecule has 0 aliphatic rings. The molecule has 0 bridgehead atoms. The molecule has 0 spiro atoms. The van der Waals surface area contributed by atoms with E-state index in [4.69, 9.17) is 29.5 Å². The van der Waals surface area contributed by atoms with Crippen LogP contribution in [0.1, 0.15) is 86.6 Å². The van der Waals surface area contributed by atoms with E-state index in [0.717, 1.165) is 12.8 Å². The van der Waals surface area contributed by atoms with E-state index >= 15 is 0 Å². The second-order valence-corrected chi connectivity index (χ2v) is 11.6. The molecule has 38 heavy (non-hydrogen) atoms. The number of benzene rings is 1. The van der Waals surface area contributed by atoms with Crippen molar-refractivity contribution in [1.82, 2.24) is 0 Å². The Balaban J connectivity index is 0.00000144. The van der Waals surface area contributed by atoms with Gasteiger partial charge in [-0.3, -0.25) is 5.41 Å². The summed E-state index contributed by atoms with van der Waals surface area (Å²) in [5.74, 6) is 0.986. The third-order valence-electron chi connectivity index (χ3n) is 5.69. The van der Waals surface area contributed by atoms with Crippen molar-refractivity contribution < 1.29 is 28.8 Å². The Morgan fingerprint density at radius 3 is 1.68 bits per heavy atom. The third-order valence-corrected chi connectivity index (χ3v) is 5.69. The van der Waals surface area contributed by atoms with Crippen LogP contribution in [0.15, 0.2) is 36.4 Å². The number of aryl methyl sites for hydroxylation is 1. The van der Waals surface area contributed by atoms with Crippen molar-refractivity contribution in [1.29, 1.82) is 5.41 Å². The second kappa shape index (κ2) is 18.8. The highest BCUT2D eigenvalue weighted by Crippen LogP contribution is 2.17. The Morgan fingerprint density at radius 1 is 0.816 bits per heavy atom. The fraction of sp³-hybridized carbons (Fsp3) is 0.677. The smallest absolute Gasteiger partial charge is 0.330 e. The molecule has 0 amide bonds. The third kappa shape index (κ3) is 21.7. The van der Waals surface area contributed by atoms with E-state index in [-0.39, 0.29) is 23.7 Å². The minimum atomic E-state index is -0.487. The SMILES string of the molecule is CC(C)CCOC(C)(C)CCOC(=N)/C=C/C(=O)OCCC(C)(C)OCCC(C)C.Cc1ccc(O)cc1. The molecule has 218 valence electrons. The first-order valence-electron chi connectivity index (χ1n) is 13.7. The van der Waals surface area contributed by atoms with Crippen molar-refractivity contribution in [2.45, 2.75) is 99.2 Å². The molecule has 0 unspecified atom stereocenters. The van der Waals surface area contributed by atoms with Crippen LogP contribution in [0.3, 0.4) is 0 Å². The van der Waals surface area contributed by atoms with Crippen molar-refractivity contribution in [3.05, 3.63) is 42.0 Å². The first-order chi connectivity index (χ1) is 17.6. The van der Waals surface area contributed by atoms with Gasteiger partial charge in [-0.1, -0.05) is 45.4 Å². The molecule has 0 saturated heterocycles. The summed E-state index contributed by atoms with van der Waals surface area (Å²) in [5, 5.41) is 16.6. The topological polar surface area (TPSA) is 98.1 Å². The van der Waals surface area contributed by atoms with Gasteiger partial charge < -0.3 is 24.1 Å². The number of rotatable bonds is 16. The lowest BCUT2D eigenvalue weighted by Gasteiger charge is -2.25. The minimum absolute atomic E-state index is 0.0673. The number of ether oxygens (including phenoxy) is 4. The lowest BCUT2D eigenvalue weighted by Crippen LogP contribution is -2.28. The van der Waals surface area contributed by atoms with Crippen molar-refractivity contribution in [3.8, 4) is 5.75 Å². The number of esters is 1. The molecule has 0 atom stereocenters. The fourth-order valence-corrected chi connectivity index (χ4v) is 2.88. The van der Waals surface area contributed by atoms with Crippen LogP contribution in [0, 0.1) is 24.2 Å². The molecule has 1 rings (SSSR count). The molecular weight excluding hydrogens is 482 g/mol. The molecule has 0 radical (unpaired) electrons. The Hall–Kier alpha value is -2.38. The zero-order valence-corrected chi connectivity index (χ0v) is 25.3. The summed E-state index contributed by atoms with van der Waals surface area (Å²) in [6.45, 7) is 20.7. The molecule has 0 aromatic heterocycles. The van der Waals surface area contributed by atoms with Gasteiger partial charge in [0.1, 0.15) is 5.75 Å². The van der Waals surface area contributed by atoms with Crippen molar-refractivity contribution in [2.24, 2.45) is 11.8 Å². The van der Waals surface area contributed by atoms with Crippen LogP contribution >= 0.6 is 0 Å². The van der Waals surface area contributed by atoms with Crippen LogP contribution in [-0.4, -0.2) is 54.6 Å². The van der Waals surface area contributed by atoms with Gasteiger partial charge in [0.15, 0.2) is 0 Å². The van der Waals surface area contributed by atoms with Crippen LogP contribution in [0.5, 0.6) is 5.75 Å². The normalized spacial score (nSPS) is 12.0. The minimum Gasteiger partial charge on any atom is -0.508 e. The maximum atomic E-state index is 11.8. The summed E-state index contributed by atoms with van der Waals surface area (Å²) < 4.78 is 22.3. The van der Waals surface area contributed by atoms with E-state index in [1.165, 1.54) is 17.7 Å². The number of phenolic OH excluding ortho intramolecular Hbond substituents is 1. The molecule has 0 fully saturated rings. The van der Waals surface area contributed by atoms with Crippen molar-refractivity contribution in [3.63, 3.8) is 0 Å². The molecule has 0 aliphatic heterocycles. The van der Waals surface area contributed by atoms with Gasteiger partial charge in [-0.25, -0.2) is 4.79 Å². The lowest BCUT2D eigenvalue weighted by molar-refractivity contribution is -0.139. The first kappa shape index (κ1) is 35.6. The highest BCUT2D eigenvalue weighted by atomic mass is 16.5. The number of hydrogen-bond acceptors (Lipinski definition) is 7. The fourth-order valence-electron chi connectivity index (χ4n) is 2.88. The molecule has 0 saturated carbocycles. The molecule has 1 aromatic carbocycles. The van der Waals surface area contributed by atoms with Gasteiger partial charge in [0.05, 0.1) is 24.4 Å². The van der Waals surface area contributed by atoms with Gasteiger partial charge in [-0.2, -0.15) is 0 Å². The van der Waals surface area contributed by atoms with E-state index in [1.54, 1.807) is 12.1 Å². The number of aromatic hydroxyl groups is 1. The Bertz CT molecular complexity index is 745. The van der Waals surface area contributed by atoms with Crippen LogP contribution in [0.2, 0.25) is 0 Å². The van der Waals surface area contributed by atoms with Gasteiger partial charge in [-0.15, -0.1) is 0 Å². The van der Waals surface area contributed by atoms with Crippen LogP contribution in [0.4, 0.5) is 0 Å². The average Bonchev–Trinajstić information content (AvgIpc) is 2.79. The Morgan fingerprint density at radius 2 is 1.26 bits per heavy atom. The van der Waals surface area contributed by atoms with Crippen molar-refractivity contribution in [2.75, 3.05) is 26.4 Å². The second-order valence-electron chi connectivity index (χ2n) is 11.6. The molecule has 2 N–H and O–H groups in total. The summed E-state index contributed by atoms with van der Waals surface area (Å²) in [6.07, 6.45) is 5.85. The van der Waals surface area contributed by atoms with E-state index in [0.29, 0.717) is 50.2 Å². The van der Waals surface area contributed by atoms with Crippen LogP contribution < -0.4 is 0 Å². The van der Waals surface area contributed by atoms with Gasteiger partial charge in [0, 0.05) is 38.2 Å². The molecule has 7 nitrogen and oxygen atoms in total. The molecule has 7 heteroatoms. The number of carbonyl (C=O) groups is 1. The van der Waals surface area contributed by atoms with Crippen LogP contribution in [-0.2, 0) is 23.7 Å². The van der Waals surface area contributed by atoms with E-state index in [9.17, 15) is 4.79 Å². The Kier molecular flexibility index (Phi) is 17.6. The standard InChI is InChI=1S/C24H45NO5.C7H8O/c1-19(2)11-15-29-23(5,6)13-17-27-21(25)9-10-22(26)28-18-14-24(7,8)30-16-12-20(3)4;1-6-2-4-7(8)5-3-6/h9-10,19-20,25H,11-18H2,1-8H3;2-5,8H,1H3/b10-9+,25-21?;. The number of nitrogens with one attached hydrogen (secondary N) is 1. The summed E-state index contributed by atoms with van der Waals surface area (Å²) >= 11 is 0. The van der Waals surface area contributed by atoms with Gasteiger partial charge in [0.2, 0.25) is 5.90 Å². The Labute approximate surface area is 231 Å². The van der Waals surface area contributed by atoms with E-state index < -0.39 is 5.97 Å². The van der Waals surface area contributed by atoms with E-state index in [1.807, 2.05) is 46.8 Å². The summed E-state index contributed by atoms with van der Waals surface area (Å²) in [4.78, 5) is 11.8. The predicted molar refractivity (Wildman–Crippen MR) is 155 cm³/mol. The highest BCUT2D eigenvalue weighted by molar-refractivity contribution is 5.92. The van der Waals surface area contributed by atoms with Crippen molar-refractivity contribution >= 4 is 11.9 Å². The van der Waals surface area contributed by atoms with E-state index in [2.05, 4.69) is 27.7 Å². The zero-order chi connectivity index (χ0) is 29.2. The largest absolute Gasteiger partial charge is 0.508 e. The highest BCUT2D eigenvalue weighted by Gasteiger charge is 2.20.